The predicted molar refractivity (Wildman–Crippen MR) is 116 cm³/mol. The highest BCUT2D eigenvalue weighted by Crippen LogP contribution is 2.30. The molecule has 0 saturated carbocycles. The Kier molecular flexibility index (Phi) is 7.04. The molecular formula is C18H21N5O3S3. The number of ether oxygens (including phenoxy) is 1. The van der Waals surface area contributed by atoms with Gasteiger partial charge in [0.05, 0.1) is 24.5 Å². The van der Waals surface area contributed by atoms with E-state index in [0.717, 1.165) is 11.4 Å². The van der Waals surface area contributed by atoms with Crippen molar-refractivity contribution in [3.05, 3.63) is 26.9 Å². The van der Waals surface area contributed by atoms with E-state index in [2.05, 4.69) is 39.7 Å². The van der Waals surface area contributed by atoms with Crippen molar-refractivity contribution in [3.8, 4) is 11.4 Å². The number of hydrogen-bond donors (Lipinski definition) is 1. The second-order valence-electron chi connectivity index (χ2n) is 6.16. The van der Waals surface area contributed by atoms with Gasteiger partial charge in [0.2, 0.25) is 5.91 Å². The van der Waals surface area contributed by atoms with Crippen molar-refractivity contribution in [2.45, 2.75) is 32.3 Å². The van der Waals surface area contributed by atoms with Gasteiger partial charge in [-0.25, -0.2) is 4.98 Å². The number of anilines is 1. The van der Waals surface area contributed by atoms with Crippen LogP contribution >= 0.6 is 34.4 Å². The van der Waals surface area contributed by atoms with E-state index < -0.39 is 0 Å². The number of rotatable bonds is 8. The van der Waals surface area contributed by atoms with E-state index in [1.165, 1.54) is 33.5 Å². The molecule has 3 rings (SSSR count). The number of carbonyl (C=O) groups excluding carboxylic acids is 2. The van der Waals surface area contributed by atoms with E-state index in [0.29, 0.717) is 22.6 Å². The molecule has 0 unspecified atom stereocenters. The number of thiazole rings is 1. The first kappa shape index (κ1) is 21.5. The average Bonchev–Trinajstić information content (AvgIpc) is 3.35. The van der Waals surface area contributed by atoms with Crippen LogP contribution in [-0.2, 0) is 27.8 Å². The molecule has 29 heavy (non-hydrogen) atoms. The normalized spacial score (nSPS) is 10.9. The zero-order valence-corrected chi connectivity index (χ0v) is 19.0. The Morgan fingerprint density at radius 1 is 1.24 bits per heavy atom. The Hall–Kier alpha value is -2.24. The van der Waals surface area contributed by atoms with Gasteiger partial charge < -0.3 is 14.6 Å². The van der Waals surface area contributed by atoms with Gasteiger partial charge in [-0.05, 0) is 26.3 Å². The van der Waals surface area contributed by atoms with E-state index >= 15 is 0 Å². The van der Waals surface area contributed by atoms with Crippen molar-refractivity contribution < 1.29 is 14.3 Å². The molecule has 0 aromatic carbocycles. The lowest BCUT2D eigenvalue weighted by Crippen LogP contribution is -2.14. The zero-order valence-electron chi connectivity index (χ0n) is 16.5. The maximum atomic E-state index is 12.3. The van der Waals surface area contributed by atoms with Crippen LogP contribution in [0.2, 0.25) is 0 Å². The number of carbonyl (C=O) groups is 2. The highest BCUT2D eigenvalue weighted by atomic mass is 32.2. The Morgan fingerprint density at radius 3 is 2.72 bits per heavy atom. The minimum absolute atomic E-state index is 0.0954. The van der Waals surface area contributed by atoms with Gasteiger partial charge in [0, 0.05) is 28.2 Å². The first-order valence-corrected chi connectivity index (χ1v) is 11.6. The third-order valence-electron chi connectivity index (χ3n) is 4.12. The molecule has 0 atom stereocenters. The summed E-state index contributed by atoms with van der Waals surface area (Å²) in [4.78, 5) is 29.2. The highest BCUT2D eigenvalue weighted by molar-refractivity contribution is 7.99. The first-order valence-electron chi connectivity index (χ1n) is 8.86. The molecule has 8 nitrogen and oxygen atoms in total. The fraction of sp³-hybridized carbons (Fsp3) is 0.389. The second kappa shape index (κ2) is 9.51. The number of thioether (sulfide) groups is 1. The van der Waals surface area contributed by atoms with Crippen molar-refractivity contribution in [3.63, 3.8) is 0 Å². The lowest BCUT2D eigenvalue weighted by atomic mass is 10.2. The van der Waals surface area contributed by atoms with Crippen LogP contribution in [-0.4, -0.2) is 44.0 Å². The lowest BCUT2D eigenvalue weighted by molar-refractivity contribution is -0.142. The van der Waals surface area contributed by atoms with Crippen LogP contribution in [0, 0.1) is 13.8 Å². The molecule has 0 aliphatic rings. The first-order chi connectivity index (χ1) is 13.9. The van der Waals surface area contributed by atoms with Crippen LogP contribution in [0.15, 0.2) is 15.9 Å². The van der Waals surface area contributed by atoms with Gasteiger partial charge in [-0.3, -0.25) is 9.59 Å². The zero-order chi connectivity index (χ0) is 21.0. The van der Waals surface area contributed by atoms with Gasteiger partial charge in [-0.2, -0.15) is 0 Å². The monoisotopic (exact) mass is 451 g/mol. The van der Waals surface area contributed by atoms with E-state index in [1.807, 2.05) is 11.6 Å². The molecule has 0 spiro atoms. The molecule has 154 valence electrons. The summed E-state index contributed by atoms with van der Waals surface area (Å²) in [5.74, 6) is 0.443. The Balaban J connectivity index is 1.56. The van der Waals surface area contributed by atoms with E-state index in [1.54, 1.807) is 23.6 Å². The van der Waals surface area contributed by atoms with Crippen LogP contribution in [0.5, 0.6) is 0 Å². The molecule has 3 aromatic heterocycles. The number of aryl methyl sites for hydroxylation is 1. The highest BCUT2D eigenvalue weighted by Gasteiger charge is 2.17. The number of nitrogens with zero attached hydrogens (tertiary/aromatic N) is 4. The summed E-state index contributed by atoms with van der Waals surface area (Å²) in [7, 11) is 1.89. The van der Waals surface area contributed by atoms with Crippen LogP contribution in [0.4, 0.5) is 5.13 Å². The molecule has 1 amide bonds. The summed E-state index contributed by atoms with van der Waals surface area (Å²) in [5, 5.41) is 16.2. The third-order valence-corrected chi connectivity index (χ3v) is 6.96. The van der Waals surface area contributed by atoms with E-state index in [9.17, 15) is 9.59 Å². The summed E-state index contributed by atoms with van der Waals surface area (Å²) in [6.45, 7) is 6.24. The summed E-state index contributed by atoms with van der Waals surface area (Å²) in [5.41, 5.74) is 2.84. The van der Waals surface area contributed by atoms with Crippen molar-refractivity contribution in [2.75, 3.05) is 17.7 Å². The molecule has 3 aromatic rings. The molecule has 3 heterocycles. The topological polar surface area (TPSA) is 99.0 Å². The summed E-state index contributed by atoms with van der Waals surface area (Å²) in [6.07, 6.45) is 0.0954. The summed E-state index contributed by atoms with van der Waals surface area (Å²) < 4.78 is 6.79. The third kappa shape index (κ3) is 5.22. The van der Waals surface area contributed by atoms with Crippen LogP contribution in [0.1, 0.15) is 23.1 Å². The number of amides is 1. The molecule has 0 bridgehead atoms. The fourth-order valence-corrected chi connectivity index (χ4v) is 4.80. The van der Waals surface area contributed by atoms with Crippen molar-refractivity contribution >= 4 is 51.4 Å². The molecule has 0 saturated heterocycles. The van der Waals surface area contributed by atoms with Gasteiger partial charge in [-0.15, -0.1) is 32.9 Å². The van der Waals surface area contributed by atoms with Gasteiger partial charge >= 0.3 is 5.97 Å². The largest absolute Gasteiger partial charge is 0.466 e. The number of hydrogen-bond acceptors (Lipinski definition) is 9. The molecule has 0 fully saturated rings. The van der Waals surface area contributed by atoms with Crippen LogP contribution in [0.3, 0.4) is 0 Å². The smallest absolute Gasteiger partial charge is 0.311 e. The van der Waals surface area contributed by atoms with Crippen LogP contribution in [0.25, 0.3) is 11.4 Å². The minimum atomic E-state index is -0.333. The number of nitrogens with one attached hydrogen (secondary N) is 1. The van der Waals surface area contributed by atoms with E-state index in [-0.39, 0.29) is 24.1 Å². The van der Waals surface area contributed by atoms with Crippen molar-refractivity contribution in [1.29, 1.82) is 0 Å². The fourth-order valence-electron chi connectivity index (χ4n) is 2.50. The number of esters is 1. The molecule has 0 radical (unpaired) electrons. The van der Waals surface area contributed by atoms with Gasteiger partial charge in [-0.1, -0.05) is 11.8 Å². The molecule has 1 N–H and O–H groups in total. The van der Waals surface area contributed by atoms with Gasteiger partial charge in [0.25, 0.3) is 0 Å². The predicted octanol–water partition coefficient (Wildman–Crippen LogP) is 3.45. The summed E-state index contributed by atoms with van der Waals surface area (Å²) in [6, 6.07) is 0. The molecule has 0 aliphatic heterocycles. The van der Waals surface area contributed by atoms with Crippen molar-refractivity contribution in [1.82, 2.24) is 19.7 Å². The standard InChI is InChI=1S/C18H21N5O3S3/c1-5-26-15(25)6-12-7-28-17(19-12)20-14(24)9-29-18-22-21-16(23(18)4)13-8-27-11(3)10(13)2/h7-8H,5-6,9H2,1-4H3,(H,19,20,24). The number of thiophene rings is 1. The number of aromatic nitrogens is 4. The van der Waals surface area contributed by atoms with E-state index in [4.69, 9.17) is 4.74 Å². The SMILES string of the molecule is CCOC(=O)Cc1csc(NC(=O)CSc2nnc(-c3csc(C)c3C)n2C)n1. The van der Waals surface area contributed by atoms with Gasteiger partial charge in [0.15, 0.2) is 16.1 Å². The maximum absolute atomic E-state index is 12.3. The quantitative estimate of drug-likeness (QED) is 0.414. The Morgan fingerprint density at radius 2 is 2.03 bits per heavy atom. The minimum Gasteiger partial charge on any atom is -0.466 e. The van der Waals surface area contributed by atoms with Gasteiger partial charge in [0.1, 0.15) is 0 Å². The lowest BCUT2D eigenvalue weighted by Gasteiger charge is -2.04. The Bertz CT molecular complexity index is 1020. The average molecular weight is 452 g/mol. The van der Waals surface area contributed by atoms with Crippen molar-refractivity contribution in [2.24, 2.45) is 7.05 Å². The Labute approximate surface area is 180 Å². The maximum Gasteiger partial charge on any atom is 0.311 e. The second-order valence-corrected chi connectivity index (χ2v) is 9.04. The molecular weight excluding hydrogens is 430 g/mol. The summed E-state index contributed by atoms with van der Waals surface area (Å²) >= 11 is 4.27. The molecule has 0 aliphatic carbocycles. The van der Waals surface area contributed by atoms with Crippen LogP contribution < -0.4 is 5.32 Å². The molecule has 11 heteroatoms.